The Kier molecular flexibility index (Phi) is 4.69. The standard InChI is InChI=1S/C11H16N2O3/c1-3-16-11(15)5-4-6-13-8-12-10(7-14)9(13)2/h7-8H,3-6H2,1-2H3. The smallest absolute Gasteiger partial charge is 0.305 e. The first-order chi connectivity index (χ1) is 7.69. The molecule has 1 heterocycles. The van der Waals surface area contributed by atoms with Crippen LogP contribution in [0.25, 0.3) is 0 Å². The molecule has 88 valence electrons. The molecule has 0 atom stereocenters. The number of aryl methyl sites for hydroxylation is 1. The van der Waals surface area contributed by atoms with Gasteiger partial charge in [-0.05, 0) is 20.3 Å². The molecule has 0 aromatic carbocycles. The first-order valence-electron chi connectivity index (χ1n) is 5.31. The molecule has 0 unspecified atom stereocenters. The summed E-state index contributed by atoms with van der Waals surface area (Å²) >= 11 is 0. The maximum absolute atomic E-state index is 11.1. The predicted octanol–water partition coefficient (Wildman–Crippen LogP) is 1.35. The topological polar surface area (TPSA) is 61.2 Å². The third-order valence-corrected chi connectivity index (χ3v) is 2.33. The number of imidazole rings is 1. The van der Waals surface area contributed by atoms with E-state index >= 15 is 0 Å². The van der Waals surface area contributed by atoms with Gasteiger partial charge in [-0.3, -0.25) is 9.59 Å². The Morgan fingerprint density at radius 2 is 2.38 bits per heavy atom. The summed E-state index contributed by atoms with van der Waals surface area (Å²) in [5.41, 5.74) is 1.29. The van der Waals surface area contributed by atoms with Gasteiger partial charge in [0.2, 0.25) is 0 Å². The number of ether oxygens (including phenoxy) is 1. The summed E-state index contributed by atoms with van der Waals surface area (Å²) in [5.74, 6) is -0.184. The summed E-state index contributed by atoms with van der Waals surface area (Å²) in [5, 5.41) is 0. The fourth-order valence-electron chi connectivity index (χ4n) is 1.43. The van der Waals surface area contributed by atoms with Crippen LogP contribution in [0.1, 0.15) is 35.9 Å². The third-order valence-electron chi connectivity index (χ3n) is 2.33. The SMILES string of the molecule is CCOC(=O)CCCn1cnc(C=O)c1C. The van der Waals surface area contributed by atoms with Crippen LogP contribution in [0.3, 0.4) is 0 Å². The monoisotopic (exact) mass is 224 g/mol. The van der Waals surface area contributed by atoms with Gasteiger partial charge in [-0.25, -0.2) is 4.98 Å². The van der Waals surface area contributed by atoms with E-state index in [9.17, 15) is 9.59 Å². The second-order valence-corrected chi connectivity index (χ2v) is 3.44. The van der Waals surface area contributed by atoms with Crippen molar-refractivity contribution in [2.24, 2.45) is 0 Å². The fourth-order valence-corrected chi connectivity index (χ4v) is 1.43. The number of aromatic nitrogens is 2. The molecule has 1 rings (SSSR count). The Balaban J connectivity index is 2.40. The minimum Gasteiger partial charge on any atom is -0.466 e. The second-order valence-electron chi connectivity index (χ2n) is 3.44. The molecule has 0 saturated carbocycles. The molecule has 0 aliphatic carbocycles. The van der Waals surface area contributed by atoms with Gasteiger partial charge < -0.3 is 9.30 Å². The molecule has 1 aromatic rings. The molecule has 0 fully saturated rings. The first kappa shape index (κ1) is 12.4. The van der Waals surface area contributed by atoms with Crippen LogP contribution in [0, 0.1) is 6.92 Å². The Morgan fingerprint density at radius 3 is 2.94 bits per heavy atom. The maximum atomic E-state index is 11.1. The van der Waals surface area contributed by atoms with Crippen molar-refractivity contribution >= 4 is 12.3 Å². The normalized spacial score (nSPS) is 10.1. The van der Waals surface area contributed by atoms with Crippen molar-refractivity contribution in [2.75, 3.05) is 6.61 Å². The number of hydrogen-bond acceptors (Lipinski definition) is 4. The first-order valence-corrected chi connectivity index (χ1v) is 5.31. The van der Waals surface area contributed by atoms with Crippen LogP contribution in [-0.4, -0.2) is 28.4 Å². The Bertz CT molecular complexity index is 371. The van der Waals surface area contributed by atoms with Crippen LogP contribution in [-0.2, 0) is 16.1 Å². The average molecular weight is 224 g/mol. The predicted molar refractivity (Wildman–Crippen MR) is 58.2 cm³/mol. The lowest BCUT2D eigenvalue weighted by molar-refractivity contribution is -0.143. The molecular weight excluding hydrogens is 208 g/mol. The van der Waals surface area contributed by atoms with Gasteiger partial charge in [-0.15, -0.1) is 0 Å². The van der Waals surface area contributed by atoms with Crippen molar-refractivity contribution in [1.29, 1.82) is 0 Å². The molecule has 5 nitrogen and oxygen atoms in total. The van der Waals surface area contributed by atoms with E-state index in [0.717, 1.165) is 12.0 Å². The molecule has 0 spiro atoms. The number of aldehydes is 1. The summed E-state index contributed by atoms with van der Waals surface area (Å²) < 4.78 is 6.68. The molecular formula is C11H16N2O3. The van der Waals surface area contributed by atoms with E-state index in [0.29, 0.717) is 31.7 Å². The van der Waals surface area contributed by atoms with Crippen LogP contribution >= 0.6 is 0 Å². The lowest BCUT2D eigenvalue weighted by Gasteiger charge is -2.04. The molecule has 5 heteroatoms. The van der Waals surface area contributed by atoms with Crippen molar-refractivity contribution in [3.8, 4) is 0 Å². The van der Waals surface area contributed by atoms with Gasteiger partial charge in [-0.2, -0.15) is 0 Å². The zero-order valence-electron chi connectivity index (χ0n) is 9.60. The highest BCUT2D eigenvalue weighted by Crippen LogP contribution is 2.05. The van der Waals surface area contributed by atoms with Gasteiger partial charge >= 0.3 is 5.97 Å². The minimum atomic E-state index is -0.184. The number of carbonyl (C=O) groups excluding carboxylic acids is 2. The summed E-state index contributed by atoms with van der Waals surface area (Å²) in [7, 11) is 0. The largest absolute Gasteiger partial charge is 0.466 e. The fraction of sp³-hybridized carbons (Fsp3) is 0.545. The number of nitrogens with zero attached hydrogens (tertiary/aromatic N) is 2. The molecule has 0 saturated heterocycles. The number of rotatable bonds is 6. The number of hydrogen-bond donors (Lipinski definition) is 0. The van der Waals surface area contributed by atoms with E-state index in [1.165, 1.54) is 0 Å². The van der Waals surface area contributed by atoms with Gasteiger partial charge in [0.25, 0.3) is 0 Å². The van der Waals surface area contributed by atoms with E-state index in [-0.39, 0.29) is 5.97 Å². The van der Waals surface area contributed by atoms with E-state index in [1.54, 1.807) is 13.3 Å². The van der Waals surface area contributed by atoms with Gasteiger partial charge in [0.05, 0.1) is 12.9 Å². The van der Waals surface area contributed by atoms with Crippen LogP contribution in [0.2, 0.25) is 0 Å². The van der Waals surface area contributed by atoms with Crippen molar-refractivity contribution in [2.45, 2.75) is 33.2 Å². The number of carbonyl (C=O) groups is 2. The van der Waals surface area contributed by atoms with Crippen molar-refractivity contribution in [3.63, 3.8) is 0 Å². The molecule has 0 bridgehead atoms. The Hall–Kier alpha value is -1.65. The Morgan fingerprint density at radius 1 is 1.62 bits per heavy atom. The average Bonchev–Trinajstić information content (AvgIpc) is 2.60. The van der Waals surface area contributed by atoms with Crippen molar-refractivity contribution in [3.05, 3.63) is 17.7 Å². The highest BCUT2D eigenvalue weighted by atomic mass is 16.5. The summed E-state index contributed by atoms with van der Waals surface area (Å²) in [6.45, 7) is 4.71. The highest BCUT2D eigenvalue weighted by molar-refractivity contribution is 5.73. The van der Waals surface area contributed by atoms with Gasteiger partial charge in [0, 0.05) is 18.7 Å². The molecule has 0 aliphatic rings. The van der Waals surface area contributed by atoms with Gasteiger partial charge in [0.1, 0.15) is 5.69 Å². The van der Waals surface area contributed by atoms with Gasteiger partial charge in [-0.1, -0.05) is 0 Å². The molecule has 1 aromatic heterocycles. The summed E-state index contributed by atoms with van der Waals surface area (Å²) in [4.78, 5) is 25.6. The molecule has 0 N–H and O–H groups in total. The molecule has 0 radical (unpaired) electrons. The lowest BCUT2D eigenvalue weighted by Crippen LogP contribution is -2.06. The second kappa shape index (κ2) is 6.05. The highest BCUT2D eigenvalue weighted by Gasteiger charge is 2.06. The minimum absolute atomic E-state index is 0.184. The molecule has 16 heavy (non-hydrogen) atoms. The van der Waals surface area contributed by atoms with E-state index in [2.05, 4.69) is 4.98 Å². The zero-order valence-corrected chi connectivity index (χ0v) is 9.60. The van der Waals surface area contributed by atoms with Crippen molar-refractivity contribution < 1.29 is 14.3 Å². The van der Waals surface area contributed by atoms with Crippen LogP contribution < -0.4 is 0 Å². The maximum Gasteiger partial charge on any atom is 0.305 e. The quantitative estimate of drug-likeness (QED) is 0.540. The number of esters is 1. The van der Waals surface area contributed by atoms with Crippen molar-refractivity contribution in [1.82, 2.24) is 9.55 Å². The summed E-state index contributed by atoms with van der Waals surface area (Å²) in [6, 6.07) is 0. The van der Waals surface area contributed by atoms with E-state index < -0.39 is 0 Å². The van der Waals surface area contributed by atoms with Crippen LogP contribution in [0.4, 0.5) is 0 Å². The van der Waals surface area contributed by atoms with E-state index in [4.69, 9.17) is 4.74 Å². The lowest BCUT2D eigenvalue weighted by atomic mass is 10.3. The zero-order chi connectivity index (χ0) is 12.0. The molecule has 0 aliphatic heterocycles. The van der Waals surface area contributed by atoms with Gasteiger partial charge in [0.15, 0.2) is 6.29 Å². The summed E-state index contributed by atoms with van der Waals surface area (Å²) in [6.07, 6.45) is 3.43. The third kappa shape index (κ3) is 3.18. The van der Waals surface area contributed by atoms with Crippen LogP contribution in [0.15, 0.2) is 6.33 Å². The molecule has 0 amide bonds. The van der Waals surface area contributed by atoms with Crippen LogP contribution in [0.5, 0.6) is 0 Å². The van der Waals surface area contributed by atoms with E-state index in [1.807, 2.05) is 11.5 Å². The Labute approximate surface area is 94.4 Å².